The van der Waals surface area contributed by atoms with Gasteiger partial charge in [-0.25, -0.2) is 4.99 Å². The van der Waals surface area contributed by atoms with Crippen LogP contribution in [0.1, 0.15) is 5.56 Å². The van der Waals surface area contributed by atoms with Crippen LogP contribution >= 0.6 is 0 Å². The molecule has 15 heavy (non-hydrogen) atoms. The molecule has 0 spiro atoms. The van der Waals surface area contributed by atoms with Gasteiger partial charge in [0.05, 0.1) is 6.54 Å². The molecule has 0 bridgehead atoms. The van der Waals surface area contributed by atoms with E-state index in [1.807, 2.05) is 18.5 Å². The van der Waals surface area contributed by atoms with E-state index in [2.05, 4.69) is 15.0 Å². The zero-order chi connectivity index (χ0) is 11.3. The predicted molar refractivity (Wildman–Crippen MR) is 61.4 cm³/mol. The molecule has 6 nitrogen and oxygen atoms in total. The van der Waals surface area contributed by atoms with Crippen molar-refractivity contribution < 1.29 is 0 Å². The summed E-state index contributed by atoms with van der Waals surface area (Å²) >= 11 is 0. The van der Waals surface area contributed by atoms with Crippen LogP contribution in [0.5, 0.6) is 0 Å². The van der Waals surface area contributed by atoms with E-state index < -0.39 is 0 Å². The molecule has 0 aliphatic rings. The van der Waals surface area contributed by atoms with Gasteiger partial charge in [-0.2, -0.15) is 4.99 Å². The standard InChI is InChI=1S/C9H16N6/c1-15(2)9(11)14-8(10)13-6-7-3-4-12-5-7/h3-5,12H,6H2,1-2H3,(H4,10,11,13,14). The third-order valence-corrected chi connectivity index (χ3v) is 1.77. The second kappa shape index (κ2) is 5.04. The maximum absolute atomic E-state index is 5.58. The number of aromatic amines is 1. The highest BCUT2D eigenvalue weighted by atomic mass is 15.2. The monoisotopic (exact) mass is 208 g/mol. The fourth-order valence-corrected chi connectivity index (χ4v) is 0.882. The highest BCUT2D eigenvalue weighted by Gasteiger charge is 1.96. The van der Waals surface area contributed by atoms with Crippen molar-refractivity contribution in [2.24, 2.45) is 21.5 Å². The SMILES string of the molecule is CN(C)C(N)=NC(N)=NCc1cc[nH]c1. The van der Waals surface area contributed by atoms with E-state index in [9.17, 15) is 0 Å². The van der Waals surface area contributed by atoms with E-state index in [0.29, 0.717) is 12.5 Å². The molecule has 1 aromatic rings. The van der Waals surface area contributed by atoms with Gasteiger partial charge in [0.1, 0.15) is 0 Å². The molecule has 0 aliphatic heterocycles. The molecule has 82 valence electrons. The van der Waals surface area contributed by atoms with Gasteiger partial charge in [0.15, 0.2) is 5.96 Å². The van der Waals surface area contributed by atoms with Crippen molar-refractivity contribution in [3.63, 3.8) is 0 Å². The summed E-state index contributed by atoms with van der Waals surface area (Å²) in [5, 5.41) is 0. The Bertz CT molecular complexity index is 349. The van der Waals surface area contributed by atoms with E-state index in [4.69, 9.17) is 11.5 Å². The lowest BCUT2D eigenvalue weighted by atomic mass is 10.3. The lowest BCUT2D eigenvalue weighted by molar-refractivity contribution is 0.615. The second-order valence-electron chi connectivity index (χ2n) is 3.26. The highest BCUT2D eigenvalue weighted by molar-refractivity contribution is 5.93. The Balaban J connectivity index is 2.57. The maximum Gasteiger partial charge on any atom is 0.218 e. The molecular weight excluding hydrogens is 192 g/mol. The predicted octanol–water partition coefficient (Wildman–Crippen LogP) is -0.294. The first kappa shape index (κ1) is 11.1. The average molecular weight is 208 g/mol. The topological polar surface area (TPSA) is 95.8 Å². The Morgan fingerprint density at radius 2 is 2.20 bits per heavy atom. The Hall–Kier alpha value is -1.98. The molecule has 0 saturated heterocycles. The molecule has 0 aliphatic carbocycles. The van der Waals surface area contributed by atoms with E-state index in [-0.39, 0.29) is 5.96 Å². The van der Waals surface area contributed by atoms with Crippen molar-refractivity contribution in [2.75, 3.05) is 14.1 Å². The summed E-state index contributed by atoms with van der Waals surface area (Å²) in [4.78, 5) is 12.6. The number of aliphatic imine (C=N–C) groups is 2. The smallest absolute Gasteiger partial charge is 0.218 e. The van der Waals surface area contributed by atoms with Crippen LogP contribution in [0.3, 0.4) is 0 Å². The zero-order valence-corrected chi connectivity index (χ0v) is 8.94. The Labute approximate surface area is 88.7 Å². The van der Waals surface area contributed by atoms with Crippen molar-refractivity contribution in [1.29, 1.82) is 0 Å². The van der Waals surface area contributed by atoms with E-state index >= 15 is 0 Å². The fourth-order valence-electron chi connectivity index (χ4n) is 0.882. The summed E-state index contributed by atoms with van der Waals surface area (Å²) in [6, 6.07) is 1.93. The summed E-state index contributed by atoms with van der Waals surface area (Å²) in [5.41, 5.74) is 12.2. The number of hydrogen-bond acceptors (Lipinski definition) is 1. The van der Waals surface area contributed by atoms with Crippen molar-refractivity contribution in [3.8, 4) is 0 Å². The molecule has 0 atom stereocenters. The van der Waals surface area contributed by atoms with Gasteiger partial charge >= 0.3 is 0 Å². The van der Waals surface area contributed by atoms with Crippen LogP contribution in [-0.2, 0) is 6.54 Å². The lowest BCUT2D eigenvalue weighted by Crippen LogP contribution is -2.32. The van der Waals surface area contributed by atoms with Gasteiger partial charge in [-0.1, -0.05) is 0 Å². The van der Waals surface area contributed by atoms with Gasteiger partial charge in [-0.15, -0.1) is 0 Å². The summed E-state index contributed by atoms with van der Waals surface area (Å²) in [5.74, 6) is 0.521. The van der Waals surface area contributed by atoms with Crippen molar-refractivity contribution in [2.45, 2.75) is 6.54 Å². The first-order valence-corrected chi connectivity index (χ1v) is 4.52. The maximum atomic E-state index is 5.58. The van der Waals surface area contributed by atoms with Crippen LogP contribution in [0, 0.1) is 0 Å². The van der Waals surface area contributed by atoms with Crippen molar-refractivity contribution in [3.05, 3.63) is 24.0 Å². The van der Waals surface area contributed by atoms with Crippen molar-refractivity contribution in [1.82, 2.24) is 9.88 Å². The third kappa shape index (κ3) is 3.72. The number of nitrogens with zero attached hydrogens (tertiary/aromatic N) is 3. The lowest BCUT2D eigenvalue weighted by Gasteiger charge is -2.09. The molecule has 0 radical (unpaired) electrons. The highest BCUT2D eigenvalue weighted by Crippen LogP contribution is 1.98. The van der Waals surface area contributed by atoms with Gasteiger partial charge in [0.2, 0.25) is 5.96 Å². The van der Waals surface area contributed by atoms with Crippen LogP contribution in [0.15, 0.2) is 28.4 Å². The van der Waals surface area contributed by atoms with Gasteiger partial charge in [0, 0.05) is 26.5 Å². The largest absolute Gasteiger partial charge is 0.369 e. The first-order valence-electron chi connectivity index (χ1n) is 4.52. The molecule has 0 saturated carbocycles. The average Bonchev–Trinajstić information content (AvgIpc) is 2.66. The Kier molecular flexibility index (Phi) is 3.73. The molecule has 0 fully saturated rings. The molecular formula is C9H16N6. The summed E-state index contributed by atoms with van der Waals surface area (Å²) in [7, 11) is 3.58. The molecule has 1 rings (SSSR count). The molecule has 0 unspecified atom stereocenters. The molecule has 1 aromatic heterocycles. The van der Waals surface area contributed by atoms with Crippen LogP contribution < -0.4 is 11.5 Å². The second-order valence-corrected chi connectivity index (χ2v) is 3.26. The van der Waals surface area contributed by atoms with E-state index in [0.717, 1.165) is 5.56 Å². The van der Waals surface area contributed by atoms with E-state index in [1.54, 1.807) is 19.0 Å². The van der Waals surface area contributed by atoms with Crippen LogP contribution in [0.2, 0.25) is 0 Å². The molecule has 0 amide bonds. The number of nitrogens with two attached hydrogens (primary N) is 2. The van der Waals surface area contributed by atoms with Crippen LogP contribution in [-0.4, -0.2) is 35.9 Å². The van der Waals surface area contributed by atoms with Gasteiger partial charge < -0.3 is 21.4 Å². The Morgan fingerprint density at radius 3 is 2.73 bits per heavy atom. The normalized spacial score (nSPS) is 12.9. The minimum absolute atomic E-state index is 0.183. The number of aromatic nitrogens is 1. The summed E-state index contributed by atoms with van der Waals surface area (Å²) in [6.07, 6.45) is 3.69. The van der Waals surface area contributed by atoms with Crippen LogP contribution in [0.4, 0.5) is 0 Å². The molecule has 1 heterocycles. The minimum Gasteiger partial charge on any atom is -0.369 e. The number of rotatable bonds is 2. The number of guanidine groups is 2. The van der Waals surface area contributed by atoms with Gasteiger partial charge in [-0.3, -0.25) is 0 Å². The summed E-state index contributed by atoms with van der Waals surface area (Å²) < 4.78 is 0. The minimum atomic E-state index is 0.183. The molecule has 5 N–H and O–H groups in total. The van der Waals surface area contributed by atoms with E-state index in [1.165, 1.54) is 0 Å². The van der Waals surface area contributed by atoms with Crippen LogP contribution in [0.25, 0.3) is 0 Å². The number of hydrogen-bond donors (Lipinski definition) is 3. The fraction of sp³-hybridized carbons (Fsp3) is 0.333. The van der Waals surface area contributed by atoms with Gasteiger partial charge in [-0.05, 0) is 11.6 Å². The first-order chi connectivity index (χ1) is 7.09. The van der Waals surface area contributed by atoms with Crippen molar-refractivity contribution >= 4 is 11.9 Å². The third-order valence-electron chi connectivity index (χ3n) is 1.77. The molecule has 6 heteroatoms. The Morgan fingerprint density at radius 1 is 1.47 bits per heavy atom. The molecule has 0 aromatic carbocycles. The zero-order valence-electron chi connectivity index (χ0n) is 8.94. The quantitative estimate of drug-likeness (QED) is 0.460. The summed E-state index contributed by atoms with van der Waals surface area (Å²) in [6.45, 7) is 0.500. The number of nitrogens with one attached hydrogen (secondary N) is 1. The van der Waals surface area contributed by atoms with Gasteiger partial charge in [0.25, 0.3) is 0 Å². The number of H-pyrrole nitrogens is 1.